The Morgan fingerprint density at radius 2 is 2.00 bits per heavy atom. The molecule has 0 unspecified atom stereocenters. The molecular weight excluding hydrogens is 326 g/mol. The van der Waals surface area contributed by atoms with Gasteiger partial charge in [0.1, 0.15) is 12.4 Å². The summed E-state index contributed by atoms with van der Waals surface area (Å²) in [6.45, 7) is 5.17. The third-order valence-electron chi connectivity index (χ3n) is 3.62. The van der Waals surface area contributed by atoms with Gasteiger partial charge in [0.25, 0.3) is 5.69 Å². The number of rotatable bonds is 6. The molecule has 0 aliphatic carbocycles. The molecule has 6 nitrogen and oxygen atoms in total. The summed E-state index contributed by atoms with van der Waals surface area (Å²) in [5, 5.41) is 14.7. The highest BCUT2D eigenvalue weighted by Gasteiger charge is 2.10. The summed E-state index contributed by atoms with van der Waals surface area (Å²) in [6.07, 6.45) is 0. The lowest BCUT2D eigenvalue weighted by molar-refractivity contribution is -0.384. The monoisotopic (exact) mass is 343 g/mol. The minimum Gasteiger partial charge on any atom is -0.491 e. The van der Waals surface area contributed by atoms with E-state index in [-0.39, 0.29) is 5.69 Å². The first-order valence-corrected chi connectivity index (χ1v) is 8.34. The molecule has 1 heterocycles. The lowest BCUT2D eigenvalue weighted by atomic mass is 10.1. The second-order valence-corrected chi connectivity index (χ2v) is 6.45. The van der Waals surface area contributed by atoms with Crippen LogP contribution in [0.3, 0.4) is 0 Å². The van der Waals surface area contributed by atoms with Crippen LogP contribution in [-0.4, -0.2) is 23.1 Å². The van der Waals surface area contributed by atoms with Crippen LogP contribution in [0.4, 0.5) is 10.8 Å². The molecule has 0 radical (unpaired) electrons. The minimum absolute atomic E-state index is 0.0797. The SMILES string of the molecule is Cc1cccc(C)c1OCCNc1nc2ccc([N+](=O)[O-])cc2s1. The summed E-state index contributed by atoms with van der Waals surface area (Å²) < 4.78 is 6.63. The summed E-state index contributed by atoms with van der Waals surface area (Å²) in [4.78, 5) is 14.8. The molecule has 124 valence electrons. The van der Waals surface area contributed by atoms with Gasteiger partial charge in [-0.25, -0.2) is 4.98 Å². The average Bonchev–Trinajstić information content (AvgIpc) is 2.95. The van der Waals surface area contributed by atoms with Crippen molar-refractivity contribution in [3.05, 3.63) is 57.6 Å². The van der Waals surface area contributed by atoms with Gasteiger partial charge in [0.2, 0.25) is 0 Å². The highest BCUT2D eigenvalue weighted by atomic mass is 32.1. The van der Waals surface area contributed by atoms with E-state index < -0.39 is 4.92 Å². The molecule has 7 heteroatoms. The van der Waals surface area contributed by atoms with Gasteiger partial charge in [0.05, 0.1) is 21.7 Å². The number of para-hydroxylation sites is 1. The first-order chi connectivity index (χ1) is 11.5. The van der Waals surface area contributed by atoms with Gasteiger partial charge in [0.15, 0.2) is 5.13 Å². The van der Waals surface area contributed by atoms with E-state index >= 15 is 0 Å². The Balaban J connectivity index is 1.61. The second kappa shape index (κ2) is 6.84. The van der Waals surface area contributed by atoms with Crippen LogP contribution in [0.5, 0.6) is 5.75 Å². The fourth-order valence-corrected chi connectivity index (χ4v) is 3.36. The number of fused-ring (bicyclic) bond motifs is 1. The average molecular weight is 343 g/mol. The van der Waals surface area contributed by atoms with Crippen molar-refractivity contribution in [3.8, 4) is 5.75 Å². The number of hydrogen-bond donors (Lipinski definition) is 1. The fraction of sp³-hybridized carbons (Fsp3) is 0.235. The Morgan fingerprint density at radius 1 is 1.25 bits per heavy atom. The van der Waals surface area contributed by atoms with E-state index in [2.05, 4.69) is 10.3 Å². The predicted molar refractivity (Wildman–Crippen MR) is 96.2 cm³/mol. The first kappa shape index (κ1) is 16.2. The zero-order chi connectivity index (χ0) is 17.1. The predicted octanol–water partition coefficient (Wildman–Crippen LogP) is 4.31. The molecule has 1 N–H and O–H groups in total. The molecule has 24 heavy (non-hydrogen) atoms. The molecule has 0 aliphatic heterocycles. The second-order valence-electron chi connectivity index (χ2n) is 5.42. The largest absolute Gasteiger partial charge is 0.491 e. The molecule has 0 fully saturated rings. The zero-order valence-corrected chi connectivity index (χ0v) is 14.2. The Labute approximate surface area is 143 Å². The van der Waals surface area contributed by atoms with Crippen molar-refractivity contribution < 1.29 is 9.66 Å². The molecule has 1 aromatic heterocycles. The van der Waals surface area contributed by atoms with E-state index in [0.717, 1.165) is 32.2 Å². The number of aromatic nitrogens is 1. The van der Waals surface area contributed by atoms with Gasteiger partial charge >= 0.3 is 0 Å². The van der Waals surface area contributed by atoms with Crippen molar-refractivity contribution in [1.29, 1.82) is 0 Å². The number of hydrogen-bond acceptors (Lipinski definition) is 6. The lowest BCUT2D eigenvalue weighted by Crippen LogP contribution is -2.12. The molecule has 0 saturated heterocycles. The number of aryl methyl sites for hydroxylation is 2. The van der Waals surface area contributed by atoms with E-state index in [1.54, 1.807) is 12.1 Å². The molecule has 3 aromatic rings. The Hall–Kier alpha value is -2.67. The van der Waals surface area contributed by atoms with Crippen LogP contribution in [0.1, 0.15) is 11.1 Å². The van der Waals surface area contributed by atoms with E-state index in [1.165, 1.54) is 17.4 Å². The van der Waals surface area contributed by atoms with Crippen molar-refractivity contribution in [2.45, 2.75) is 13.8 Å². The standard InChI is InChI=1S/C17H17N3O3S/c1-11-4-3-5-12(2)16(11)23-9-8-18-17-19-14-7-6-13(20(21)22)10-15(14)24-17/h3-7,10H,8-9H2,1-2H3,(H,18,19). The first-order valence-electron chi connectivity index (χ1n) is 7.52. The molecule has 2 aromatic carbocycles. The maximum atomic E-state index is 10.8. The molecule has 0 atom stereocenters. The van der Waals surface area contributed by atoms with E-state index in [4.69, 9.17) is 4.74 Å². The van der Waals surface area contributed by atoms with Gasteiger partial charge in [-0.1, -0.05) is 29.5 Å². The van der Waals surface area contributed by atoms with Crippen molar-refractivity contribution in [3.63, 3.8) is 0 Å². The number of nitro groups is 1. The molecule has 0 saturated carbocycles. The van der Waals surface area contributed by atoms with Crippen molar-refractivity contribution in [2.24, 2.45) is 0 Å². The number of non-ortho nitro benzene ring substituents is 1. The van der Waals surface area contributed by atoms with Crippen molar-refractivity contribution in [1.82, 2.24) is 4.98 Å². The molecular formula is C17H17N3O3S. The minimum atomic E-state index is -0.398. The smallest absolute Gasteiger partial charge is 0.270 e. The third-order valence-corrected chi connectivity index (χ3v) is 4.59. The molecule has 0 spiro atoms. The Kier molecular flexibility index (Phi) is 4.61. The highest BCUT2D eigenvalue weighted by molar-refractivity contribution is 7.22. The topological polar surface area (TPSA) is 77.3 Å². The Bertz CT molecular complexity index is 872. The van der Waals surface area contributed by atoms with Gasteiger partial charge in [-0.3, -0.25) is 10.1 Å². The summed E-state index contributed by atoms with van der Waals surface area (Å²) in [6, 6.07) is 10.7. The summed E-state index contributed by atoms with van der Waals surface area (Å²) >= 11 is 1.40. The van der Waals surface area contributed by atoms with Crippen LogP contribution in [0.2, 0.25) is 0 Å². The normalized spacial score (nSPS) is 10.8. The zero-order valence-electron chi connectivity index (χ0n) is 13.4. The van der Waals surface area contributed by atoms with E-state index in [9.17, 15) is 10.1 Å². The maximum absolute atomic E-state index is 10.8. The lowest BCUT2D eigenvalue weighted by Gasteiger charge is -2.11. The van der Waals surface area contributed by atoms with E-state index in [1.807, 2.05) is 32.0 Å². The number of ether oxygens (including phenoxy) is 1. The van der Waals surface area contributed by atoms with E-state index in [0.29, 0.717) is 13.2 Å². The van der Waals surface area contributed by atoms with Gasteiger partial charge in [-0.05, 0) is 31.0 Å². The summed E-state index contributed by atoms with van der Waals surface area (Å²) in [7, 11) is 0. The number of nitro benzene ring substituents is 1. The van der Waals surface area contributed by atoms with Crippen LogP contribution in [-0.2, 0) is 0 Å². The van der Waals surface area contributed by atoms with Crippen LogP contribution < -0.4 is 10.1 Å². The number of nitrogens with zero attached hydrogens (tertiary/aromatic N) is 2. The van der Waals surface area contributed by atoms with Crippen LogP contribution in [0.25, 0.3) is 10.2 Å². The van der Waals surface area contributed by atoms with Gasteiger partial charge < -0.3 is 10.1 Å². The fourth-order valence-electron chi connectivity index (χ4n) is 2.44. The van der Waals surface area contributed by atoms with Crippen LogP contribution >= 0.6 is 11.3 Å². The van der Waals surface area contributed by atoms with Gasteiger partial charge in [-0.2, -0.15) is 0 Å². The molecule has 0 aliphatic rings. The quantitative estimate of drug-likeness (QED) is 0.410. The number of anilines is 1. The number of benzene rings is 2. The van der Waals surface area contributed by atoms with Crippen molar-refractivity contribution in [2.75, 3.05) is 18.5 Å². The number of thiazole rings is 1. The van der Waals surface area contributed by atoms with Crippen LogP contribution in [0, 0.1) is 24.0 Å². The third kappa shape index (κ3) is 3.46. The van der Waals surface area contributed by atoms with Gasteiger partial charge in [-0.15, -0.1) is 0 Å². The number of nitrogens with one attached hydrogen (secondary N) is 1. The van der Waals surface area contributed by atoms with Crippen molar-refractivity contribution >= 4 is 32.4 Å². The maximum Gasteiger partial charge on any atom is 0.270 e. The Morgan fingerprint density at radius 3 is 2.71 bits per heavy atom. The highest BCUT2D eigenvalue weighted by Crippen LogP contribution is 2.29. The van der Waals surface area contributed by atoms with Crippen LogP contribution in [0.15, 0.2) is 36.4 Å². The summed E-state index contributed by atoms with van der Waals surface area (Å²) in [5.74, 6) is 0.916. The molecule has 0 bridgehead atoms. The molecule has 3 rings (SSSR count). The summed E-state index contributed by atoms with van der Waals surface area (Å²) in [5.41, 5.74) is 3.06. The molecule has 0 amide bonds. The van der Waals surface area contributed by atoms with Gasteiger partial charge in [0, 0.05) is 12.1 Å².